The van der Waals surface area contributed by atoms with Crippen LogP contribution in [-0.2, 0) is 16.8 Å². The van der Waals surface area contributed by atoms with Gasteiger partial charge in [-0.3, -0.25) is 20.2 Å². The molecule has 4 aromatic carbocycles. The van der Waals surface area contributed by atoms with Crippen LogP contribution < -0.4 is 40.2 Å². The summed E-state index contributed by atoms with van der Waals surface area (Å²) in [5.41, 5.74) is 1.71. The summed E-state index contributed by atoms with van der Waals surface area (Å²) in [6.07, 6.45) is 2.90. The van der Waals surface area contributed by atoms with Crippen LogP contribution in [-0.4, -0.2) is 120 Å². The van der Waals surface area contributed by atoms with Crippen LogP contribution in [0.1, 0.15) is 46.6 Å². The van der Waals surface area contributed by atoms with E-state index in [-0.39, 0.29) is 97.4 Å². The number of carboxylic acids is 2. The zero-order valence-corrected chi connectivity index (χ0v) is 39.8. The first-order valence-corrected chi connectivity index (χ1v) is 22.4. The standard InChI is InChI=1S/2C24H24FN5O5.Co/c2*1-14-13-35-23-21-17(11-19(25)22(23)28-9-7-27(2)8-10-28)20(18(24(31)32)12-29(14)21)26-15-3-5-16(6-4-15)30(33)34;/h2*3-6,11-12,14H,7-10,13H2,1-2H3,(H,31,32);/q;;+2/p-2. The number of anilines is 2. The van der Waals surface area contributed by atoms with E-state index >= 15 is 8.78 Å². The van der Waals surface area contributed by atoms with E-state index in [2.05, 4.69) is 19.8 Å². The molecule has 6 heterocycles. The summed E-state index contributed by atoms with van der Waals surface area (Å²) < 4.78 is 47.0. The molecule has 0 spiro atoms. The Morgan fingerprint density at radius 3 is 1.25 bits per heavy atom. The van der Waals surface area contributed by atoms with Gasteiger partial charge in [0, 0.05) is 111 Å². The molecule has 0 saturated carbocycles. The second-order valence-electron chi connectivity index (χ2n) is 17.7. The van der Waals surface area contributed by atoms with E-state index in [0.717, 1.165) is 26.2 Å². The van der Waals surface area contributed by atoms with Crippen molar-refractivity contribution in [2.75, 3.05) is 89.5 Å². The van der Waals surface area contributed by atoms with E-state index in [9.17, 15) is 40.0 Å². The van der Waals surface area contributed by atoms with Crippen molar-refractivity contribution in [3.63, 3.8) is 0 Å². The molecule has 2 atom stereocenters. The maximum Gasteiger partial charge on any atom is 2.00 e. The van der Waals surface area contributed by atoms with Crippen molar-refractivity contribution >= 4 is 67.9 Å². The first kappa shape index (κ1) is 49.9. The molecule has 0 aliphatic carbocycles. The smallest absolute Gasteiger partial charge is 0.545 e. The zero-order valence-electron chi connectivity index (χ0n) is 38.8. The summed E-state index contributed by atoms with van der Waals surface area (Å²) in [5.74, 6) is -3.27. The van der Waals surface area contributed by atoms with Gasteiger partial charge in [-0.25, -0.2) is 18.8 Å². The van der Waals surface area contributed by atoms with E-state index in [0.29, 0.717) is 60.1 Å². The number of aromatic nitrogens is 2. The summed E-state index contributed by atoms with van der Waals surface area (Å²) in [6, 6.07) is 12.9. The summed E-state index contributed by atoms with van der Waals surface area (Å²) in [4.78, 5) is 62.2. The van der Waals surface area contributed by atoms with Crippen LogP contribution in [0.25, 0.3) is 21.8 Å². The maximum absolute atomic E-state index is 15.7. The molecule has 2 saturated heterocycles. The minimum Gasteiger partial charge on any atom is -0.545 e. The number of pyridine rings is 2. The first-order valence-electron chi connectivity index (χ1n) is 22.4. The molecule has 2 aromatic heterocycles. The van der Waals surface area contributed by atoms with Gasteiger partial charge in [0.25, 0.3) is 11.4 Å². The molecule has 20 nitrogen and oxygen atoms in total. The third-order valence-corrected chi connectivity index (χ3v) is 13.0. The van der Waals surface area contributed by atoms with E-state index in [1.807, 2.05) is 37.7 Å². The Morgan fingerprint density at radius 2 is 0.944 bits per heavy atom. The van der Waals surface area contributed by atoms with Crippen LogP contribution in [0, 0.1) is 31.9 Å². The number of hydrogen-bond donors (Lipinski definition) is 0. The number of carbonyl (C=O) groups excluding carboxylic acids is 2. The number of hydrogen-bond acceptors (Lipinski definition) is 16. The third-order valence-electron chi connectivity index (χ3n) is 13.0. The average molecular weight is 1020 g/mol. The number of benzene rings is 4. The molecule has 2 unspecified atom stereocenters. The van der Waals surface area contributed by atoms with Crippen molar-refractivity contribution in [2.45, 2.75) is 25.9 Å². The Bertz CT molecular complexity index is 3050. The van der Waals surface area contributed by atoms with Gasteiger partial charge in [-0.1, -0.05) is 0 Å². The Morgan fingerprint density at radius 1 is 0.606 bits per heavy atom. The van der Waals surface area contributed by atoms with Gasteiger partial charge in [-0.05, 0) is 64.3 Å². The van der Waals surface area contributed by atoms with E-state index in [1.54, 1.807) is 9.13 Å². The van der Waals surface area contributed by atoms with Crippen molar-refractivity contribution in [3.8, 4) is 11.5 Å². The number of ether oxygens (including phenoxy) is 2. The van der Waals surface area contributed by atoms with Gasteiger partial charge in [0.2, 0.25) is 0 Å². The molecule has 371 valence electrons. The van der Waals surface area contributed by atoms with Crippen LogP contribution in [0.3, 0.4) is 0 Å². The SMILES string of the molecule is CC1COc2c(N3CCN(C)CC3)c(F)cc3c(=Nc4ccc([N+](=O)[O-])cc4)c(C(=O)[O-])cn1c23.CC1COc2c(N3CCN(C)CC3)c(F)cc3c(=Nc4ccc([N+](=O)[O-])cc4)c(C(=O)[O-])cn1c23.[Co+2]. The number of aromatic carboxylic acids is 2. The van der Waals surface area contributed by atoms with Gasteiger partial charge in [-0.15, -0.1) is 0 Å². The fourth-order valence-electron chi connectivity index (χ4n) is 9.19. The van der Waals surface area contributed by atoms with E-state index in [4.69, 9.17) is 9.47 Å². The van der Waals surface area contributed by atoms with Crippen molar-refractivity contribution in [3.05, 3.63) is 127 Å². The summed E-state index contributed by atoms with van der Waals surface area (Å²) in [6.45, 7) is 9.88. The maximum atomic E-state index is 15.7. The molecule has 0 N–H and O–H groups in total. The van der Waals surface area contributed by atoms with Crippen LogP contribution in [0.5, 0.6) is 11.5 Å². The fourth-order valence-corrected chi connectivity index (χ4v) is 9.19. The van der Waals surface area contributed by atoms with Crippen LogP contribution >= 0.6 is 0 Å². The first-order chi connectivity index (χ1) is 33.5. The predicted octanol–water partition coefficient (Wildman–Crippen LogP) is 3.98. The number of likely N-dealkylation sites (N-methyl/N-ethyl adjacent to an activating group) is 2. The Kier molecular flexibility index (Phi) is 14.1. The van der Waals surface area contributed by atoms with Crippen molar-refractivity contribution in [1.82, 2.24) is 18.9 Å². The van der Waals surface area contributed by atoms with Crippen molar-refractivity contribution in [2.24, 2.45) is 9.98 Å². The fraction of sp³-hybridized carbons (Fsp3) is 0.333. The monoisotopic (exact) mass is 1020 g/mol. The largest absolute Gasteiger partial charge is 2.00 e. The van der Waals surface area contributed by atoms with E-state index < -0.39 is 33.4 Å². The summed E-state index contributed by atoms with van der Waals surface area (Å²) >= 11 is 0. The number of rotatable bonds is 8. The molecule has 4 aliphatic rings. The van der Waals surface area contributed by atoms with Crippen molar-refractivity contribution < 1.29 is 64.7 Å². The number of nitro groups is 2. The second-order valence-corrected chi connectivity index (χ2v) is 17.7. The molecule has 10 rings (SSSR count). The van der Waals surface area contributed by atoms with Gasteiger partial charge in [-0.2, -0.15) is 0 Å². The number of halogens is 2. The normalized spacial score (nSPS) is 18.3. The van der Waals surface area contributed by atoms with Gasteiger partial charge >= 0.3 is 16.8 Å². The predicted molar refractivity (Wildman–Crippen MR) is 249 cm³/mol. The Hall–Kier alpha value is -7.47. The number of non-ortho nitro benzene ring substituents is 2. The number of piperazine rings is 2. The summed E-state index contributed by atoms with van der Waals surface area (Å²) in [7, 11) is 4.02. The zero-order chi connectivity index (χ0) is 49.7. The average Bonchev–Trinajstić information content (AvgIpc) is 3.33. The Balaban J connectivity index is 0.000000188. The molecular formula is C48H46CoF2N10O10. The number of nitro benzene ring substituents is 2. The topological polar surface area (TPSA) is 233 Å². The number of carbonyl (C=O) groups is 2. The molecule has 2 fully saturated rings. The molecule has 0 amide bonds. The van der Waals surface area contributed by atoms with Gasteiger partial charge in [0.1, 0.15) is 24.6 Å². The molecule has 23 heteroatoms. The molecule has 1 radical (unpaired) electrons. The molecule has 6 aromatic rings. The van der Waals surface area contributed by atoms with Crippen LogP contribution in [0.4, 0.5) is 42.9 Å². The second kappa shape index (κ2) is 20.1. The molecule has 71 heavy (non-hydrogen) atoms. The van der Waals surface area contributed by atoms with Crippen molar-refractivity contribution in [1.29, 1.82) is 0 Å². The van der Waals surface area contributed by atoms with Gasteiger partial charge in [0.05, 0.1) is 67.0 Å². The summed E-state index contributed by atoms with van der Waals surface area (Å²) in [5, 5.41) is 46.7. The number of nitrogens with zero attached hydrogens (tertiary/aromatic N) is 10. The Labute approximate surface area is 413 Å². The number of carboxylic acid groups (broad SMARTS) is 2. The van der Waals surface area contributed by atoms with Crippen LogP contribution in [0.15, 0.2) is 83.0 Å². The minimum absolute atomic E-state index is 0. The minimum atomic E-state index is -1.46. The molecule has 0 bridgehead atoms. The van der Waals surface area contributed by atoms with Gasteiger partial charge in [0.15, 0.2) is 23.1 Å². The van der Waals surface area contributed by atoms with Crippen LogP contribution in [0.2, 0.25) is 0 Å². The molecular weight excluding hydrogens is 974 g/mol. The molecule has 4 aliphatic heterocycles. The quantitative estimate of drug-likeness (QED) is 0.155. The third kappa shape index (κ3) is 9.59. The van der Waals surface area contributed by atoms with E-state index in [1.165, 1.54) is 73.1 Å². The van der Waals surface area contributed by atoms with Gasteiger partial charge < -0.3 is 58.0 Å².